The van der Waals surface area contributed by atoms with Crippen molar-refractivity contribution < 1.29 is 17.1 Å². The minimum atomic E-state index is 0. The first-order chi connectivity index (χ1) is 14.3. The van der Waals surface area contributed by atoms with Crippen molar-refractivity contribution in [1.82, 2.24) is 20.0 Å². The molecular weight excluding hydrogens is 411 g/mol. The molecule has 5 heteroatoms. The number of rotatable bonds is 11. The van der Waals surface area contributed by atoms with Gasteiger partial charge in [0.15, 0.2) is 0 Å². The fourth-order valence-electron chi connectivity index (χ4n) is 5.07. The molecule has 0 aromatic carbocycles. The summed E-state index contributed by atoms with van der Waals surface area (Å²) in [6.45, 7) is 13.4. The van der Waals surface area contributed by atoms with Crippen molar-refractivity contribution in [3.63, 3.8) is 0 Å². The van der Waals surface area contributed by atoms with Gasteiger partial charge in [-0.05, 0) is 45.9 Å². The van der Waals surface area contributed by atoms with Crippen LogP contribution in [-0.4, -0.2) is 86.7 Å². The van der Waals surface area contributed by atoms with Crippen LogP contribution in [0.3, 0.4) is 0 Å². The summed E-state index contributed by atoms with van der Waals surface area (Å²) in [5, 5.41) is 3.72. The second kappa shape index (κ2) is 18.9. The first-order valence-electron chi connectivity index (χ1n) is 13.1. The maximum absolute atomic E-state index is 3.72. The molecule has 1 N–H and O–H groups in total. The zero-order chi connectivity index (χ0) is 20.6. The molecule has 2 rings (SSSR count). The zero-order valence-electron chi connectivity index (χ0n) is 20.4. The summed E-state index contributed by atoms with van der Waals surface area (Å²) in [7, 11) is 2.31. The largest absolute Gasteiger partial charge is 2.00 e. The van der Waals surface area contributed by atoms with E-state index in [1.807, 2.05) is 0 Å². The topological polar surface area (TPSA) is 21.8 Å². The summed E-state index contributed by atoms with van der Waals surface area (Å²) in [5.74, 6) is 0. The van der Waals surface area contributed by atoms with Gasteiger partial charge < -0.3 is 15.1 Å². The van der Waals surface area contributed by atoms with Crippen molar-refractivity contribution >= 4 is 0 Å². The third kappa shape index (κ3) is 13.0. The Morgan fingerprint density at radius 1 is 0.700 bits per heavy atom. The molecule has 0 spiro atoms. The van der Waals surface area contributed by atoms with E-state index in [1.54, 1.807) is 0 Å². The van der Waals surface area contributed by atoms with E-state index in [2.05, 4.69) is 34.0 Å². The molecule has 0 amide bonds. The van der Waals surface area contributed by atoms with Gasteiger partial charge in [-0.25, -0.2) is 0 Å². The normalized spacial score (nSPS) is 26.8. The monoisotopic (exact) mass is 463 g/mol. The van der Waals surface area contributed by atoms with Crippen LogP contribution in [0.5, 0.6) is 0 Å². The summed E-state index contributed by atoms with van der Waals surface area (Å²) < 4.78 is 0. The smallest absolute Gasteiger partial charge is 0.315 e. The number of fused-ring (bicyclic) bond motifs is 3. The Hall–Kier alpha value is 0.359. The van der Waals surface area contributed by atoms with Gasteiger partial charge in [-0.2, -0.15) is 0 Å². The predicted molar refractivity (Wildman–Crippen MR) is 128 cm³/mol. The molecule has 30 heavy (non-hydrogen) atoms. The van der Waals surface area contributed by atoms with E-state index in [1.165, 1.54) is 142 Å². The van der Waals surface area contributed by atoms with Crippen LogP contribution in [0.15, 0.2) is 0 Å². The van der Waals surface area contributed by atoms with Gasteiger partial charge in [0.2, 0.25) is 0 Å². The maximum Gasteiger partial charge on any atom is 2.00 e. The minimum absolute atomic E-state index is 0. The molecule has 4 nitrogen and oxygen atoms in total. The van der Waals surface area contributed by atoms with E-state index in [9.17, 15) is 0 Å². The molecule has 2 heterocycles. The first-order valence-corrected chi connectivity index (χ1v) is 13.1. The van der Waals surface area contributed by atoms with Crippen molar-refractivity contribution in [2.24, 2.45) is 0 Å². The number of nitrogens with one attached hydrogen (secondary N) is 1. The van der Waals surface area contributed by atoms with Crippen LogP contribution in [0.4, 0.5) is 0 Å². The van der Waals surface area contributed by atoms with Crippen LogP contribution in [-0.2, 0) is 17.1 Å². The Morgan fingerprint density at radius 3 is 2.10 bits per heavy atom. The third-order valence-electron chi connectivity index (χ3n) is 7.15. The molecule has 0 aromatic rings. The van der Waals surface area contributed by atoms with Crippen LogP contribution in [0.1, 0.15) is 90.4 Å². The van der Waals surface area contributed by atoms with Crippen molar-refractivity contribution in [2.75, 3.05) is 66.0 Å². The number of nitrogens with zero attached hydrogens (tertiary/aromatic N) is 3. The molecule has 3 unspecified atom stereocenters. The van der Waals surface area contributed by atoms with Crippen molar-refractivity contribution in [2.45, 2.75) is 96.4 Å². The number of hydrogen-bond acceptors (Lipinski definition) is 4. The predicted octanol–water partition coefficient (Wildman–Crippen LogP) is 4.60. The minimum Gasteiger partial charge on any atom is -0.315 e. The Labute approximate surface area is 199 Å². The van der Waals surface area contributed by atoms with Gasteiger partial charge in [0, 0.05) is 45.3 Å². The molecule has 2 aliphatic rings. The van der Waals surface area contributed by atoms with E-state index in [4.69, 9.17) is 0 Å². The molecule has 2 saturated heterocycles. The van der Waals surface area contributed by atoms with E-state index >= 15 is 0 Å². The standard InChI is InChI=1S/C25H52N4.Mn/c1-3-4-5-6-7-8-9-10-11-12-14-25-15-16-26-17-20-28-19-13-18-27(2)21-23-29(25)24-22-28;/h25-26H,3-24H2,1-2H3;/q;+2. The fraction of sp³-hybridized carbons (Fsp3) is 1.00. The molecule has 0 aromatic heterocycles. The molecule has 0 aliphatic carbocycles. The van der Waals surface area contributed by atoms with Gasteiger partial charge >= 0.3 is 17.1 Å². The van der Waals surface area contributed by atoms with Crippen molar-refractivity contribution in [1.29, 1.82) is 0 Å². The van der Waals surface area contributed by atoms with E-state index in [-0.39, 0.29) is 17.1 Å². The number of unbranched alkanes of at least 4 members (excludes halogenated alkanes) is 9. The number of hydrogen-bond donors (Lipinski definition) is 1. The molecular formula is C25H52MnN4+2. The average molecular weight is 464 g/mol. The average Bonchev–Trinajstić information content (AvgIpc) is 2.73. The molecule has 1 radical (unpaired) electrons. The van der Waals surface area contributed by atoms with E-state index in [0.717, 1.165) is 6.04 Å². The molecule has 2 aliphatic heterocycles. The summed E-state index contributed by atoms with van der Waals surface area (Å²) >= 11 is 0. The third-order valence-corrected chi connectivity index (χ3v) is 7.15. The Balaban J connectivity index is 0.00000450. The quantitative estimate of drug-likeness (QED) is 0.357. The Kier molecular flexibility index (Phi) is 17.9. The molecule has 0 saturated carbocycles. The van der Waals surface area contributed by atoms with Gasteiger partial charge in [0.1, 0.15) is 0 Å². The van der Waals surface area contributed by atoms with Crippen LogP contribution in [0.2, 0.25) is 0 Å². The summed E-state index contributed by atoms with van der Waals surface area (Å²) in [6.07, 6.45) is 18.5. The zero-order valence-corrected chi connectivity index (χ0v) is 21.5. The summed E-state index contributed by atoms with van der Waals surface area (Å²) in [6, 6.07) is 0.782. The first kappa shape index (κ1) is 28.4. The SMILES string of the molecule is CCCCCCCCCCCCC1CCNCCN2CCCN(C)CCN1CC2.[Mn+2]. The van der Waals surface area contributed by atoms with Gasteiger partial charge in [-0.3, -0.25) is 4.90 Å². The molecule has 177 valence electrons. The van der Waals surface area contributed by atoms with Crippen molar-refractivity contribution in [3.8, 4) is 0 Å². The maximum atomic E-state index is 3.72. The molecule has 2 fully saturated rings. The number of likely N-dealkylation sites (N-methyl/N-ethyl adjacent to an activating group) is 1. The van der Waals surface area contributed by atoms with Crippen LogP contribution in [0, 0.1) is 0 Å². The van der Waals surface area contributed by atoms with Gasteiger partial charge in [0.05, 0.1) is 0 Å². The Morgan fingerprint density at radius 2 is 1.37 bits per heavy atom. The fourth-order valence-corrected chi connectivity index (χ4v) is 5.07. The Bertz CT molecular complexity index is 382. The molecule has 2 bridgehead atoms. The second-order valence-electron chi connectivity index (χ2n) is 9.70. The van der Waals surface area contributed by atoms with Crippen LogP contribution in [0.25, 0.3) is 0 Å². The van der Waals surface area contributed by atoms with Gasteiger partial charge in [-0.1, -0.05) is 71.1 Å². The van der Waals surface area contributed by atoms with Crippen LogP contribution < -0.4 is 5.32 Å². The molecule has 3 atom stereocenters. The van der Waals surface area contributed by atoms with Crippen molar-refractivity contribution in [3.05, 3.63) is 0 Å². The van der Waals surface area contributed by atoms with Gasteiger partial charge in [-0.15, -0.1) is 0 Å². The van der Waals surface area contributed by atoms with Crippen LogP contribution >= 0.6 is 0 Å². The summed E-state index contributed by atoms with van der Waals surface area (Å²) in [4.78, 5) is 8.09. The van der Waals surface area contributed by atoms with Gasteiger partial charge in [0.25, 0.3) is 0 Å². The summed E-state index contributed by atoms with van der Waals surface area (Å²) in [5.41, 5.74) is 0. The van der Waals surface area contributed by atoms with E-state index in [0.29, 0.717) is 0 Å². The van der Waals surface area contributed by atoms with E-state index < -0.39 is 0 Å². The second-order valence-corrected chi connectivity index (χ2v) is 9.70.